The zero-order valence-corrected chi connectivity index (χ0v) is 27.8. The summed E-state index contributed by atoms with van der Waals surface area (Å²) in [7, 11) is -5.52. The molecule has 2 aliphatic carbocycles. The van der Waals surface area contributed by atoms with Gasteiger partial charge in [0.05, 0.1) is 21.3 Å². The monoisotopic (exact) mass is 536 g/mol. The second-order valence-corrected chi connectivity index (χ2v) is 29.3. The van der Waals surface area contributed by atoms with Crippen molar-refractivity contribution < 1.29 is 18.4 Å². The van der Waals surface area contributed by atoms with Crippen molar-refractivity contribution in [2.24, 2.45) is 0 Å². The van der Waals surface area contributed by atoms with Gasteiger partial charge in [-0.05, 0) is 61.2 Å². The standard InChI is InChI=1S/C28H52O4Si3/c1-27(2,3)34(9,10)31-17-23-21(13-15-25(23)29)19-33(7,8)20-22-14-16-26(30)24(22)18-32-35(11,12)28(4,5)6/h13-20H2,1-12H3. The molecule has 2 aliphatic rings. The van der Waals surface area contributed by atoms with E-state index in [1.54, 1.807) is 0 Å². The quantitative estimate of drug-likeness (QED) is 0.265. The van der Waals surface area contributed by atoms with Crippen molar-refractivity contribution in [2.45, 2.75) is 129 Å². The molecule has 0 heterocycles. The van der Waals surface area contributed by atoms with Crippen LogP contribution in [0.4, 0.5) is 0 Å². The van der Waals surface area contributed by atoms with Gasteiger partial charge < -0.3 is 8.85 Å². The van der Waals surface area contributed by atoms with Gasteiger partial charge in [-0.3, -0.25) is 9.59 Å². The zero-order valence-electron chi connectivity index (χ0n) is 24.8. The van der Waals surface area contributed by atoms with Gasteiger partial charge in [0.2, 0.25) is 0 Å². The van der Waals surface area contributed by atoms with E-state index in [4.69, 9.17) is 8.85 Å². The molecule has 0 spiro atoms. The largest absolute Gasteiger partial charge is 0.412 e. The third kappa shape index (κ3) is 7.69. The first kappa shape index (κ1) is 30.6. The maximum atomic E-state index is 12.8. The molecule has 7 heteroatoms. The van der Waals surface area contributed by atoms with E-state index in [0.29, 0.717) is 26.1 Å². The first-order valence-corrected chi connectivity index (χ1v) is 22.7. The van der Waals surface area contributed by atoms with E-state index < -0.39 is 24.7 Å². The average Bonchev–Trinajstić information content (AvgIpc) is 3.18. The molecule has 0 saturated heterocycles. The molecular formula is C28H52O4Si3. The smallest absolute Gasteiger partial charge is 0.192 e. The Bertz CT molecular complexity index is 824. The Kier molecular flexibility index (Phi) is 9.30. The Labute approximate surface area is 218 Å². The van der Waals surface area contributed by atoms with Crippen LogP contribution in [-0.4, -0.2) is 49.5 Å². The van der Waals surface area contributed by atoms with Crippen molar-refractivity contribution in [3.63, 3.8) is 0 Å². The van der Waals surface area contributed by atoms with Gasteiger partial charge in [0.15, 0.2) is 28.2 Å². The second-order valence-electron chi connectivity index (χ2n) is 14.6. The van der Waals surface area contributed by atoms with Crippen molar-refractivity contribution in [2.75, 3.05) is 13.2 Å². The van der Waals surface area contributed by atoms with Gasteiger partial charge in [-0.2, -0.15) is 0 Å². The topological polar surface area (TPSA) is 52.6 Å². The summed E-state index contributed by atoms with van der Waals surface area (Å²) >= 11 is 0. The lowest BCUT2D eigenvalue weighted by atomic mass is 10.2. The fraction of sp³-hybridized carbons (Fsp3) is 0.786. The van der Waals surface area contributed by atoms with Crippen LogP contribution in [0.5, 0.6) is 0 Å². The fourth-order valence-electron chi connectivity index (χ4n) is 4.44. The van der Waals surface area contributed by atoms with Crippen molar-refractivity contribution >= 4 is 36.3 Å². The van der Waals surface area contributed by atoms with Crippen LogP contribution in [0.2, 0.25) is 61.4 Å². The molecule has 0 aromatic carbocycles. The number of carbonyl (C=O) groups is 2. The van der Waals surface area contributed by atoms with Gasteiger partial charge in [0, 0.05) is 24.0 Å². The highest BCUT2D eigenvalue weighted by atomic mass is 28.4. The molecule has 0 bridgehead atoms. The molecular weight excluding hydrogens is 485 g/mol. The summed E-state index contributed by atoms with van der Waals surface area (Å²) in [5.41, 5.74) is 4.56. The number of carbonyl (C=O) groups excluding carboxylic acids is 2. The van der Waals surface area contributed by atoms with E-state index in [1.165, 1.54) is 11.1 Å². The predicted molar refractivity (Wildman–Crippen MR) is 156 cm³/mol. The average molecular weight is 537 g/mol. The molecule has 2 rings (SSSR count). The number of hydrogen-bond donors (Lipinski definition) is 0. The van der Waals surface area contributed by atoms with Crippen molar-refractivity contribution in [1.29, 1.82) is 0 Å². The minimum atomic E-state index is -1.91. The molecule has 0 fully saturated rings. The molecule has 0 unspecified atom stereocenters. The van der Waals surface area contributed by atoms with Gasteiger partial charge >= 0.3 is 0 Å². The Morgan fingerprint density at radius 2 is 0.914 bits per heavy atom. The normalized spacial score (nSPS) is 19.0. The summed E-state index contributed by atoms with van der Waals surface area (Å²) in [5, 5.41) is 0.265. The van der Waals surface area contributed by atoms with E-state index in [2.05, 4.69) is 80.8 Å². The van der Waals surface area contributed by atoms with Crippen LogP contribution < -0.4 is 0 Å². The van der Waals surface area contributed by atoms with Gasteiger partial charge in [0.1, 0.15) is 0 Å². The molecule has 0 saturated carbocycles. The number of allylic oxidation sites excluding steroid dienone is 2. The summed E-state index contributed by atoms with van der Waals surface area (Å²) in [6.45, 7) is 28.2. The maximum Gasteiger partial charge on any atom is 0.192 e. The van der Waals surface area contributed by atoms with Gasteiger partial charge in [-0.25, -0.2) is 0 Å². The molecule has 4 nitrogen and oxygen atoms in total. The number of rotatable bonds is 10. The van der Waals surface area contributed by atoms with Crippen LogP contribution in [0.25, 0.3) is 0 Å². The summed E-state index contributed by atoms with van der Waals surface area (Å²) in [6, 6.07) is 2.03. The first-order chi connectivity index (χ1) is 15.7. The lowest BCUT2D eigenvalue weighted by molar-refractivity contribution is -0.116. The summed E-state index contributed by atoms with van der Waals surface area (Å²) in [5.74, 6) is 0.560. The van der Waals surface area contributed by atoms with E-state index in [9.17, 15) is 9.59 Å². The number of hydrogen-bond acceptors (Lipinski definition) is 4. The predicted octanol–water partition coefficient (Wildman–Crippen LogP) is 8.06. The van der Waals surface area contributed by atoms with E-state index in [0.717, 1.165) is 36.1 Å². The Morgan fingerprint density at radius 1 is 0.600 bits per heavy atom. The third-order valence-electron chi connectivity index (χ3n) is 8.99. The number of ketones is 2. The van der Waals surface area contributed by atoms with E-state index in [-0.39, 0.29) is 21.6 Å². The fourth-order valence-corrected chi connectivity index (χ4v) is 9.53. The Morgan fingerprint density at radius 3 is 1.20 bits per heavy atom. The highest BCUT2D eigenvalue weighted by molar-refractivity contribution is 6.78. The molecule has 35 heavy (non-hydrogen) atoms. The van der Waals surface area contributed by atoms with E-state index >= 15 is 0 Å². The third-order valence-corrected chi connectivity index (χ3v) is 20.7. The SMILES string of the molecule is CC(C)(C)[Si](C)(C)OCC1=C(C[Si](C)(C)CC2=C(CO[Si](C)(C)C(C)(C)C)C(=O)CC2)CCC1=O. The maximum absolute atomic E-state index is 12.8. The Hall–Kier alpha value is -0.609. The highest BCUT2D eigenvalue weighted by Crippen LogP contribution is 2.41. The van der Waals surface area contributed by atoms with Crippen molar-refractivity contribution in [3.8, 4) is 0 Å². The van der Waals surface area contributed by atoms with Crippen LogP contribution in [0.1, 0.15) is 67.2 Å². The van der Waals surface area contributed by atoms with Gasteiger partial charge in [-0.15, -0.1) is 0 Å². The zero-order chi connectivity index (χ0) is 27.0. The second kappa shape index (κ2) is 10.6. The summed E-state index contributed by atoms with van der Waals surface area (Å²) in [6.07, 6.45) is 3.02. The molecule has 0 N–H and O–H groups in total. The number of Topliss-reactive ketones (excluding diaryl/α,β-unsaturated/α-hetero) is 2. The molecule has 0 amide bonds. The summed E-state index contributed by atoms with van der Waals surface area (Å²) < 4.78 is 12.9. The minimum absolute atomic E-state index is 0.133. The van der Waals surface area contributed by atoms with E-state index in [1.807, 2.05) is 0 Å². The molecule has 0 atom stereocenters. The van der Waals surface area contributed by atoms with Crippen molar-refractivity contribution in [3.05, 3.63) is 22.3 Å². The van der Waals surface area contributed by atoms with Gasteiger partial charge in [0.25, 0.3) is 0 Å². The molecule has 0 aromatic heterocycles. The van der Waals surface area contributed by atoms with Crippen LogP contribution >= 0.6 is 0 Å². The minimum Gasteiger partial charge on any atom is -0.412 e. The van der Waals surface area contributed by atoms with Crippen LogP contribution in [0.15, 0.2) is 22.3 Å². The highest BCUT2D eigenvalue weighted by Gasteiger charge is 2.40. The van der Waals surface area contributed by atoms with Crippen LogP contribution in [0, 0.1) is 0 Å². The molecule has 200 valence electrons. The molecule has 0 aliphatic heterocycles. The first-order valence-electron chi connectivity index (χ1n) is 13.4. The summed E-state index contributed by atoms with van der Waals surface area (Å²) in [4.78, 5) is 25.5. The van der Waals surface area contributed by atoms with Crippen molar-refractivity contribution in [1.82, 2.24) is 0 Å². The van der Waals surface area contributed by atoms with Gasteiger partial charge in [-0.1, -0.05) is 65.8 Å². The van der Waals surface area contributed by atoms with Crippen LogP contribution in [0.3, 0.4) is 0 Å². The Balaban J connectivity index is 2.17. The lowest BCUT2D eigenvalue weighted by Crippen LogP contribution is -2.41. The molecule has 0 radical (unpaired) electrons. The molecule has 0 aromatic rings. The van der Waals surface area contributed by atoms with Crippen LogP contribution in [-0.2, 0) is 18.4 Å². The lowest BCUT2D eigenvalue weighted by Gasteiger charge is -2.36.